The summed E-state index contributed by atoms with van der Waals surface area (Å²) in [5, 5.41) is 5.99. The number of rotatable bonds is 6. The van der Waals surface area contributed by atoms with Crippen LogP contribution in [0.5, 0.6) is 5.75 Å². The van der Waals surface area contributed by atoms with Gasteiger partial charge in [0.05, 0.1) is 7.11 Å². The van der Waals surface area contributed by atoms with E-state index in [0.29, 0.717) is 12.6 Å². The molecule has 164 valence electrons. The van der Waals surface area contributed by atoms with Crippen molar-refractivity contribution in [2.75, 3.05) is 50.1 Å². The minimum atomic E-state index is -0.141. The van der Waals surface area contributed by atoms with E-state index in [9.17, 15) is 4.79 Å². The number of carbonyl (C=O) groups excluding carboxylic acids is 1. The highest BCUT2D eigenvalue weighted by molar-refractivity contribution is 5.89. The number of amides is 2. The smallest absolute Gasteiger partial charge is 0.319 e. The minimum absolute atomic E-state index is 0.141. The molecule has 4 aliphatic rings. The molecule has 0 spiro atoms. The number of nitrogens with one attached hydrogen (secondary N) is 2. The van der Waals surface area contributed by atoms with Crippen LogP contribution in [0.2, 0.25) is 0 Å². The van der Waals surface area contributed by atoms with Gasteiger partial charge in [0.15, 0.2) is 0 Å². The van der Waals surface area contributed by atoms with E-state index in [-0.39, 0.29) is 6.03 Å². The fraction of sp³-hybridized carbons (Fsp3) is 0.480. The molecule has 2 aromatic rings. The van der Waals surface area contributed by atoms with Gasteiger partial charge in [-0.15, -0.1) is 0 Å². The van der Waals surface area contributed by atoms with E-state index >= 15 is 0 Å². The number of piperidine rings is 3. The molecule has 3 fully saturated rings. The molecule has 0 aliphatic carbocycles. The lowest BCUT2D eigenvalue weighted by Crippen LogP contribution is -2.58. The lowest BCUT2D eigenvalue weighted by atomic mass is 9.75. The predicted molar refractivity (Wildman–Crippen MR) is 124 cm³/mol. The van der Waals surface area contributed by atoms with Crippen molar-refractivity contribution >= 4 is 17.4 Å². The molecule has 6 nitrogen and oxygen atoms in total. The molecule has 2 bridgehead atoms. The second-order valence-electron chi connectivity index (χ2n) is 9.08. The second kappa shape index (κ2) is 8.79. The molecule has 0 aromatic heterocycles. The number of nitrogens with zero attached hydrogens (tertiary/aromatic N) is 2. The van der Waals surface area contributed by atoms with Crippen LogP contribution in [-0.2, 0) is 6.42 Å². The third kappa shape index (κ3) is 4.35. The van der Waals surface area contributed by atoms with Gasteiger partial charge in [0.1, 0.15) is 5.75 Å². The molecular weight excluding hydrogens is 388 g/mol. The average Bonchev–Trinajstić information content (AvgIpc) is 3.22. The summed E-state index contributed by atoms with van der Waals surface area (Å²) in [6, 6.07) is 16.6. The van der Waals surface area contributed by atoms with Crippen LogP contribution >= 0.6 is 0 Å². The molecule has 3 saturated heterocycles. The predicted octanol–water partition coefficient (Wildman–Crippen LogP) is 3.59. The Labute approximate surface area is 184 Å². The van der Waals surface area contributed by atoms with E-state index in [0.717, 1.165) is 49.5 Å². The lowest BCUT2D eigenvalue weighted by Gasteiger charge is -2.50. The molecular formula is C25H32N4O2. The standard InChI is InChI=1S/C25H32N4O2/c1-31-23-8-6-21(7-9-23)27-25(30)26-15-22-14-19-11-12-28(22)16-20(19)17-29-13-10-18-4-2-3-5-24(18)29/h2-9,19-20,22H,10-17H2,1H3,(H2,26,27,30)/t19-,20-,22-/m1/s1. The largest absolute Gasteiger partial charge is 0.497 e. The van der Waals surface area contributed by atoms with Crippen LogP contribution in [0.25, 0.3) is 0 Å². The highest BCUT2D eigenvalue weighted by Gasteiger charge is 2.41. The number of urea groups is 1. The SMILES string of the molecule is COc1ccc(NC(=O)NC[C@H]2C[C@H]3CCN2C[C@@H]3CN2CCc3ccccc32)cc1. The molecule has 2 N–H and O–H groups in total. The van der Waals surface area contributed by atoms with Crippen LogP contribution < -0.4 is 20.3 Å². The van der Waals surface area contributed by atoms with Crippen molar-refractivity contribution in [1.29, 1.82) is 0 Å². The average molecular weight is 421 g/mol. The van der Waals surface area contributed by atoms with Crippen LogP contribution in [0.1, 0.15) is 18.4 Å². The molecule has 6 heteroatoms. The maximum atomic E-state index is 12.3. The number of carbonyl (C=O) groups is 1. The zero-order valence-electron chi connectivity index (χ0n) is 18.2. The van der Waals surface area contributed by atoms with E-state index in [1.165, 1.54) is 30.5 Å². The first kappa shape index (κ1) is 20.2. The number of methoxy groups -OCH3 is 1. The van der Waals surface area contributed by atoms with Gasteiger partial charge in [0, 0.05) is 43.6 Å². The van der Waals surface area contributed by atoms with Crippen molar-refractivity contribution in [3.05, 3.63) is 54.1 Å². The van der Waals surface area contributed by atoms with E-state index in [4.69, 9.17) is 4.74 Å². The molecule has 2 amide bonds. The summed E-state index contributed by atoms with van der Waals surface area (Å²) in [7, 11) is 1.64. The minimum Gasteiger partial charge on any atom is -0.497 e. The van der Waals surface area contributed by atoms with Gasteiger partial charge in [-0.3, -0.25) is 4.90 Å². The Morgan fingerprint density at radius 3 is 2.74 bits per heavy atom. The van der Waals surface area contributed by atoms with Crippen molar-refractivity contribution in [3.63, 3.8) is 0 Å². The number of para-hydroxylation sites is 1. The van der Waals surface area contributed by atoms with Gasteiger partial charge in [-0.25, -0.2) is 4.79 Å². The van der Waals surface area contributed by atoms with E-state index < -0.39 is 0 Å². The second-order valence-corrected chi connectivity index (χ2v) is 9.08. The van der Waals surface area contributed by atoms with Crippen molar-refractivity contribution in [2.45, 2.75) is 25.3 Å². The topological polar surface area (TPSA) is 56.8 Å². The van der Waals surface area contributed by atoms with Crippen molar-refractivity contribution in [1.82, 2.24) is 10.2 Å². The van der Waals surface area contributed by atoms with Crippen LogP contribution in [0.4, 0.5) is 16.2 Å². The van der Waals surface area contributed by atoms with E-state index in [1.807, 2.05) is 24.3 Å². The van der Waals surface area contributed by atoms with Crippen LogP contribution in [0.15, 0.2) is 48.5 Å². The maximum absolute atomic E-state index is 12.3. The molecule has 4 heterocycles. The summed E-state index contributed by atoms with van der Waals surface area (Å²) >= 11 is 0. The Bertz CT molecular complexity index is 916. The normalized spacial score (nSPS) is 26.4. The molecule has 6 rings (SSSR count). The number of benzene rings is 2. The summed E-state index contributed by atoms with van der Waals surface area (Å²) in [5.41, 5.74) is 3.70. The highest BCUT2D eigenvalue weighted by Crippen LogP contribution is 2.38. The van der Waals surface area contributed by atoms with E-state index in [2.05, 4.69) is 44.7 Å². The third-order valence-electron chi connectivity index (χ3n) is 7.30. The van der Waals surface area contributed by atoms with Crippen LogP contribution in [0.3, 0.4) is 0 Å². The monoisotopic (exact) mass is 420 g/mol. The first-order chi connectivity index (χ1) is 15.2. The maximum Gasteiger partial charge on any atom is 0.319 e. The summed E-state index contributed by atoms with van der Waals surface area (Å²) in [6.45, 7) is 5.33. The number of ether oxygens (including phenoxy) is 1. The summed E-state index contributed by atoms with van der Waals surface area (Å²) in [5.74, 6) is 2.27. The molecule has 4 atom stereocenters. The van der Waals surface area contributed by atoms with Gasteiger partial charge in [0.25, 0.3) is 0 Å². The van der Waals surface area contributed by atoms with Gasteiger partial charge >= 0.3 is 6.03 Å². The lowest BCUT2D eigenvalue weighted by molar-refractivity contribution is 0.00590. The summed E-state index contributed by atoms with van der Waals surface area (Å²) in [4.78, 5) is 17.5. The van der Waals surface area contributed by atoms with Crippen molar-refractivity contribution in [2.24, 2.45) is 11.8 Å². The zero-order valence-corrected chi connectivity index (χ0v) is 18.2. The Hall–Kier alpha value is -2.73. The molecule has 4 aliphatic heterocycles. The first-order valence-electron chi connectivity index (χ1n) is 11.5. The van der Waals surface area contributed by atoms with Gasteiger partial charge in [-0.2, -0.15) is 0 Å². The molecule has 0 radical (unpaired) electrons. The molecule has 1 unspecified atom stereocenters. The highest BCUT2D eigenvalue weighted by atomic mass is 16.5. The van der Waals surface area contributed by atoms with Crippen LogP contribution in [-0.4, -0.2) is 56.8 Å². The third-order valence-corrected chi connectivity index (χ3v) is 7.30. The van der Waals surface area contributed by atoms with Gasteiger partial charge < -0.3 is 20.3 Å². The number of fused-ring (bicyclic) bond motifs is 4. The zero-order chi connectivity index (χ0) is 21.2. The number of hydrogen-bond acceptors (Lipinski definition) is 4. The Morgan fingerprint density at radius 2 is 1.97 bits per heavy atom. The van der Waals surface area contributed by atoms with E-state index in [1.54, 1.807) is 7.11 Å². The fourth-order valence-corrected chi connectivity index (χ4v) is 5.61. The summed E-state index contributed by atoms with van der Waals surface area (Å²) < 4.78 is 5.16. The first-order valence-corrected chi connectivity index (χ1v) is 11.5. The number of anilines is 2. The van der Waals surface area contributed by atoms with Gasteiger partial charge in [-0.05, 0) is 73.5 Å². The Kier molecular flexibility index (Phi) is 5.72. The summed E-state index contributed by atoms with van der Waals surface area (Å²) in [6.07, 6.45) is 3.64. The van der Waals surface area contributed by atoms with Gasteiger partial charge in [0.2, 0.25) is 0 Å². The van der Waals surface area contributed by atoms with Gasteiger partial charge in [-0.1, -0.05) is 18.2 Å². The molecule has 2 aromatic carbocycles. The van der Waals surface area contributed by atoms with Crippen molar-refractivity contribution in [3.8, 4) is 5.75 Å². The Balaban J connectivity index is 1.11. The molecule has 0 saturated carbocycles. The van der Waals surface area contributed by atoms with Crippen molar-refractivity contribution < 1.29 is 9.53 Å². The molecule has 31 heavy (non-hydrogen) atoms. The fourth-order valence-electron chi connectivity index (χ4n) is 5.61. The number of hydrogen-bond donors (Lipinski definition) is 2. The van der Waals surface area contributed by atoms with Crippen LogP contribution in [0, 0.1) is 11.8 Å². The quantitative estimate of drug-likeness (QED) is 0.750. The Morgan fingerprint density at radius 1 is 1.13 bits per heavy atom.